The van der Waals surface area contributed by atoms with E-state index in [1.807, 2.05) is 0 Å². The predicted molar refractivity (Wildman–Crippen MR) is 82.3 cm³/mol. The number of piperazine rings is 1. The van der Waals surface area contributed by atoms with Crippen molar-refractivity contribution in [1.29, 1.82) is 0 Å². The molecule has 0 bridgehead atoms. The molecule has 1 heterocycles. The van der Waals surface area contributed by atoms with E-state index in [9.17, 15) is 13.9 Å². The van der Waals surface area contributed by atoms with Gasteiger partial charge >= 0.3 is 0 Å². The molecule has 0 amide bonds. The van der Waals surface area contributed by atoms with Crippen molar-refractivity contribution in [3.8, 4) is 11.5 Å². The molecule has 1 saturated heterocycles. The number of rotatable bonds is 4. The van der Waals surface area contributed by atoms with Gasteiger partial charge < -0.3 is 15.2 Å². The van der Waals surface area contributed by atoms with Crippen molar-refractivity contribution in [2.24, 2.45) is 0 Å². The van der Waals surface area contributed by atoms with Crippen LogP contribution in [0.25, 0.3) is 0 Å². The van der Waals surface area contributed by atoms with E-state index >= 15 is 0 Å². The van der Waals surface area contributed by atoms with Gasteiger partial charge in [-0.2, -0.15) is 0 Å². The second-order valence-electron chi connectivity index (χ2n) is 4.50. The van der Waals surface area contributed by atoms with Gasteiger partial charge in [-0.1, -0.05) is 6.07 Å². The highest BCUT2D eigenvalue weighted by molar-refractivity contribution is 5.85. The van der Waals surface area contributed by atoms with Crippen LogP contribution in [0.4, 0.5) is 8.78 Å². The minimum absolute atomic E-state index is 0. The highest BCUT2D eigenvalue weighted by Crippen LogP contribution is 2.34. The van der Waals surface area contributed by atoms with Crippen molar-refractivity contribution in [3.63, 3.8) is 0 Å². The largest absolute Gasteiger partial charge is 0.504 e. The summed E-state index contributed by atoms with van der Waals surface area (Å²) in [5.41, 5.74) is 0.464. The number of hydrogen-bond acceptors (Lipinski definition) is 4. The summed E-state index contributed by atoms with van der Waals surface area (Å²) in [6, 6.07) is 3.44. The first kappa shape index (κ1) is 20.2. The number of hydrogen-bond donors (Lipinski definition) is 2. The molecular weight excluding hydrogens is 325 g/mol. The summed E-state index contributed by atoms with van der Waals surface area (Å²) >= 11 is 0. The lowest BCUT2D eigenvalue weighted by Gasteiger charge is -2.34. The summed E-state index contributed by atoms with van der Waals surface area (Å²) in [7, 11) is 1.40. The van der Waals surface area contributed by atoms with Crippen molar-refractivity contribution in [1.82, 2.24) is 10.2 Å². The number of benzene rings is 1. The standard InChI is InChI=1S/C13H18F2N2O2.2ClH/c1-19-11-8-9(2-3-10(11)18)12(13(14)15)17-6-4-16-5-7-17;;/h2-3,8,12-13,16,18H,4-7H2,1H3;2*1H/t12-;;/m0../s1. The van der Waals surface area contributed by atoms with E-state index in [0.29, 0.717) is 31.7 Å². The van der Waals surface area contributed by atoms with Gasteiger partial charge in [-0.25, -0.2) is 8.78 Å². The minimum Gasteiger partial charge on any atom is -0.504 e. The van der Waals surface area contributed by atoms with Crippen LogP contribution in [0.5, 0.6) is 11.5 Å². The third-order valence-electron chi connectivity index (χ3n) is 3.33. The van der Waals surface area contributed by atoms with Gasteiger partial charge in [0.2, 0.25) is 0 Å². The first-order valence-corrected chi connectivity index (χ1v) is 6.23. The quantitative estimate of drug-likeness (QED) is 0.880. The fraction of sp³-hybridized carbons (Fsp3) is 0.538. The van der Waals surface area contributed by atoms with Crippen molar-refractivity contribution >= 4 is 24.8 Å². The summed E-state index contributed by atoms with van der Waals surface area (Å²) < 4.78 is 31.7. The first-order chi connectivity index (χ1) is 9.13. The van der Waals surface area contributed by atoms with Gasteiger partial charge in [0.1, 0.15) is 0 Å². The van der Waals surface area contributed by atoms with Crippen LogP contribution in [0.1, 0.15) is 11.6 Å². The van der Waals surface area contributed by atoms with E-state index in [1.165, 1.54) is 25.3 Å². The molecule has 1 atom stereocenters. The third kappa shape index (κ3) is 4.85. The van der Waals surface area contributed by atoms with Gasteiger partial charge in [0.05, 0.1) is 13.2 Å². The van der Waals surface area contributed by atoms with Crippen LogP contribution in [0.2, 0.25) is 0 Å². The Morgan fingerprint density at radius 3 is 2.38 bits per heavy atom. The fourth-order valence-corrected chi connectivity index (χ4v) is 2.35. The number of phenolic OH excluding ortho intramolecular Hbond substituents is 1. The van der Waals surface area contributed by atoms with Crippen LogP contribution in [0.3, 0.4) is 0 Å². The van der Waals surface area contributed by atoms with Crippen molar-refractivity contribution in [2.45, 2.75) is 12.5 Å². The highest BCUT2D eigenvalue weighted by atomic mass is 35.5. The molecule has 2 N–H and O–H groups in total. The van der Waals surface area contributed by atoms with Gasteiger partial charge in [-0.15, -0.1) is 24.8 Å². The average Bonchev–Trinajstić information content (AvgIpc) is 2.41. The predicted octanol–water partition coefficient (Wildman–Crippen LogP) is 2.46. The van der Waals surface area contributed by atoms with Crippen LogP contribution in [0, 0.1) is 0 Å². The van der Waals surface area contributed by atoms with Crippen LogP contribution in [0.15, 0.2) is 18.2 Å². The van der Waals surface area contributed by atoms with Gasteiger partial charge in [0.15, 0.2) is 11.5 Å². The highest BCUT2D eigenvalue weighted by Gasteiger charge is 2.30. The maximum Gasteiger partial charge on any atom is 0.258 e. The summed E-state index contributed by atoms with van der Waals surface area (Å²) in [4.78, 5) is 1.76. The van der Waals surface area contributed by atoms with Gasteiger partial charge in [0.25, 0.3) is 6.43 Å². The number of nitrogens with one attached hydrogen (secondary N) is 1. The number of halogens is 4. The monoisotopic (exact) mass is 344 g/mol. The van der Waals surface area contributed by atoms with Gasteiger partial charge in [-0.05, 0) is 17.7 Å². The molecule has 1 aromatic carbocycles. The lowest BCUT2D eigenvalue weighted by molar-refractivity contribution is 0.0180. The normalized spacial score (nSPS) is 16.8. The zero-order valence-corrected chi connectivity index (χ0v) is 13.2. The lowest BCUT2D eigenvalue weighted by Crippen LogP contribution is -2.46. The Balaban J connectivity index is 0.00000200. The first-order valence-electron chi connectivity index (χ1n) is 6.23. The Hall–Kier alpha value is -0.820. The molecule has 0 unspecified atom stereocenters. The molecule has 122 valence electrons. The smallest absolute Gasteiger partial charge is 0.258 e. The molecule has 21 heavy (non-hydrogen) atoms. The molecule has 1 aliphatic heterocycles. The molecule has 1 aromatic rings. The van der Waals surface area contributed by atoms with E-state index < -0.39 is 12.5 Å². The van der Waals surface area contributed by atoms with Crippen molar-refractivity contribution in [2.75, 3.05) is 33.3 Å². The Kier molecular flexibility index (Phi) is 8.89. The molecular formula is C13H20Cl2F2N2O2. The molecule has 2 rings (SSSR count). The molecule has 1 fully saturated rings. The molecule has 8 heteroatoms. The Morgan fingerprint density at radius 1 is 1.24 bits per heavy atom. The van der Waals surface area contributed by atoms with Gasteiger partial charge in [-0.3, -0.25) is 4.90 Å². The number of methoxy groups -OCH3 is 1. The maximum atomic E-state index is 13.3. The van der Waals surface area contributed by atoms with E-state index in [0.717, 1.165) is 0 Å². The number of aromatic hydroxyl groups is 1. The second kappa shape index (κ2) is 9.25. The number of ether oxygens (including phenoxy) is 1. The summed E-state index contributed by atoms with van der Waals surface area (Å²) in [6.07, 6.45) is -2.48. The molecule has 0 saturated carbocycles. The zero-order chi connectivity index (χ0) is 13.8. The molecule has 0 aliphatic carbocycles. The Morgan fingerprint density at radius 2 is 1.86 bits per heavy atom. The Labute approximate surface area is 135 Å². The number of alkyl halides is 2. The van der Waals surface area contributed by atoms with E-state index in [-0.39, 0.29) is 36.3 Å². The molecule has 0 aromatic heterocycles. The fourth-order valence-electron chi connectivity index (χ4n) is 2.35. The Bertz CT molecular complexity index is 433. The van der Waals surface area contributed by atoms with E-state index in [2.05, 4.69) is 5.32 Å². The van der Waals surface area contributed by atoms with Gasteiger partial charge in [0, 0.05) is 26.2 Å². The molecule has 0 radical (unpaired) electrons. The third-order valence-corrected chi connectivity index (χ3v) is 3.33. The topological polar surface area (TPSA) is 44.7 Å². The van der Waals surface area contributed by atoms with Crippen LogP contribution < -0.4 is 10.1 Å². The van der Waals surface area contributed by atoms with Crippen LogP contribution >= 0.6 is 24.8 Å². The minimum atomic E-state index is -2.48. The molecule has 1 aliphatic rings. The van der Waals surface area contributed by atoms with E-state index in [1.54, 1.807) is 4.90 Å². The maximum absolute atomic E-state index is 13.3. The number of phenols is 1. The summed E-state index contributed by atoms with van der Waals surface area (Å²) in [5, 5.41) is 12.7. The van der Waals surface area contributed by atoms with Crippen LogP contribution in [-0.2, 0) is 0 Å². The SMILES string of the molecule is COc1cc([C@@H](C(F)F)N2CCNCC2)ccc1O.Cl.Cl. The summed E-state index contributed by atoms with van der Waals surface area (Å²) in [6.45, 7) is 2.58. The van der Waals surface area contributed by atoms with Crippen molar-refractivity contribution < 1.29 is 18.6 Å². The summed E-state index contributed by atoms with van der Waals surface area (Å²) in [5.74, 6) is 0.179. The lowest BCUT2D eigenvalue weighted by atomic mass is 10.0. The van der Waals surface area contributed by atoms with Crippen molar-refractivity contribution in [3.05, 3.63) is 23.8 Å². The van der Waals surface area contributed by atoms with Crippen LogP contribution in [-0.4, -0.2) is 49.7 Å². The molecule has 4 nitrogen and oxygen atoms in total. The van der Waals surface area contributed by atoms with E-state index in [4.69, 9.17) is 4.74 Å². The zero-order valence-electron chi connectivity index (χ0n) is 11.6. The average molecular weight is 345 g/mol. The number of nitrogens with zero attached hydrogens (tertiary/aromatic N) is 1. The second-order valence-corrected chi connectivity index (χ2v) is 4.50. The molecule has 0 spiro atoms.